The minimum Gasteiger partial charge on any atom is -0.345 e. The molecule has 0 amide bonds. The Morgan fingerprint density at radius 2 is 2.00 bits per heavy atom. The van der Waals surface area contributed by atoms with Gasteiger partial charge in [-0.3, -0.25) is 0 Å². The Morgan fingerprint density at radius 3 is 2.41 bits per heavy atom. The molecule has 1 aromatic heterocycles. The van der Waals surface area contributed by atoms with Crippen LogP contribution in [0.2, 0.25) is 0 Å². The van der Waals surface area contributed by atoms with Crippen molar-refractivity contribution >= 4 is 16.5 Å². The van der Waals surface area contributed by atoms with Gasteiger partial charge in [0, 0.05) is 24.5 Å². The van der Waals surface area contributed by atoms with Gasteiger partial charge in [0.05, 0.1) is 5.69 Å². The van der Waals surface area contributed by atoms with E-state index in [0.29, 0.717) is 18.5 Å². The zero-order valence-electron chi connectivity index (χ0n) is 11.4. The van der Waals surface area contributed by atoms with Gasteiger partial charge in [-0.2, -0.15) is 0 Å². The Hall–Kier alpha value is -0.610. The van der Waals surface area contributed by atoms with Crippen molar-refractivity contribution < 1.29 is 0 Å². The minimum absolute atomic E-state index is 0.537. The Balaban J connectivity index is 2.88. The summed E-state index contributed by atoms with van der Waals surface area (Å²) in [5.41, 5.74) is 6.64. The third kappa shape index (κ3) is 3.96. The summed E-state index contributed by atoms with van der Waals surface area (Å²) in [4.78, 5) is 7.07. The lowest BCUT2D eigenvalue weighted by Gasteiger charge is -2.31. The van der Waals surface area contributed by atoms with Crippen LogP contribution < -0.4 is 10.6 Å². The summed E-state index contributed by atoms with van der Waals surface area (Å²) in [5, 5.41) is 3.21. The standard InChI is InChI=1S/C13H25N3S/c1-5-12(6-2)16(8-10(3)4)13-15-11(7-14)9-17-13/h9-10,12H,5-8,14H2,1-4H3. The largest absolute Gasteiger partial charge is 0.345 e. The van der Waals surface area contributed by atoms with Gasteiger partial charge in [0.25, 0.3) is 0 Å². The number of thiazole rings is 1. The monoisotopic (exact) mass is 255 g/mol. The molecule has 1 heterocycles. The van der Waals surface area contributed by atoms with Crippen molar-refractivity contribution in [3.05, 3.63) is 11.1 Å². The fraction of sp³-hybridized carbons (Fsp3) is 0.769. The predicted molar refractivity (Wildman–Crippen MR) is 76.6 cm³/mol. The Bertz CT molecular complexity index is 318. The second-order valence-corrected chi connectivity index (χ2v) is 5.68. The van der Waals surface area contributed by atoms with Crippen molar-refractivity contribution in [2.24, 2.45) is 11.7 Å². The van der Waals surface area contributed by atoms with Gasteiger partial charge in [0.15, 0.2) is 5.13 Å². The quantitative estimate of drug-likeness (QED) is 0.813. The first-order valence-electron chi connectivity index (χ1n) is 6.53. The summed E-state index contributed by atoms with van der Waals surface area (Å²) in [6.07, 6.45) is 2.33. The molecule has 0 aliphatic heterocycles. The van der Waals surface area contributed by atoms with Crippen LogP contribution in [0.15, 0.2) is 5.38 Å². The molecule has 0 radical (unpaired) electrons. The van der Waals surface area contributed by atoms with E-state index in [4.69, 9.17) is 5.73 Å². The Labute approximate surface area is 109 Å². The highest BCUT2D eigenvalue weighted by Crippen LogP contribution is 2.25. The van der Waals surface area contributed by atoms with Gasteiger partial charge in [-0.1, -0.05) is 27.7 Å². The number of anilines is 1. The molecule has 3 nitrogen and oxygen atoms in total. The van der Waals surface area contributed by atoms with Crippen molar-refractivity contribution in [2.45, 2.75) is 53.1 Å². The molecule has 0 saturated heterocycles. The molecule has 17 heavy (non-hydrogen) atoms. The molecule has 98 valence electrons. The topological polar surface area (TPSA) is 42.2 Å². The first-order chi connectivity index (χ1) is 8.12. The molecule has 0 unspecified atom stereocenters. The second kappa shape index (κ2) is 6.97. The molecule has 0 aliphatic carbocycles. The van der Waals surface area contributed by atoms with E-state index >= 15 is 0 Å². The van der Waals surface area contributed by atoms with Crippen LogP contribution in [0.5, 0.6) is 0 Å². The Morgan fingerprint density at radius 1 is 1.35 bits per heavy atom. The van der Waals surface area contributed by atoms with E-state index in [9.17, 15) is 0 Å². The van der Waals surface area contributed by atoms with Gasteiger partial charge in [0.1, 0.15) is 0 Å². The van der Waals surface area contributed by atoms with Crippen molar-refractivity contribution in [1.29, 1.82) is 0 Å². The second-order valence-electron chi connectivity index (χ2n) is 4.84. The van der Waals surface area contributed by atoms with Crippen LogP contribution in [-0.4, -0.2) is 17.6 Å². The Kier molecular flexibility index (Phi) is 5.92. The van der Waals surface area contributed by atoms with E-state index in [1.807, 2.05) is 0 Å². The van der Waals surface area contributed by atoms with Crippen molar-refractivity contribution in [3.8, 4) is 0 Å². The van der Waals surface area contributed by atoms with Gasteiger partial charge in [-0.05, 0) is 18.8 Å². The summed E-state index contributed by atoms with van der Waals surface area (Å²) in [6, 6.07) is 0.592. The summed E-state index contributed by atoms with van der Waals surface area (Å²) in [5.74, 6) is 0.654. The molecular formula is C13H25N3S. The first-order valence-corrected chi connectivity index (χ1v) is 7.41. The fourth-order valence-corrected chi connectivity index (χ4v) is 2.95. The van der Waals surface area contributed by atoms with E-state index in [1.165, 1.54) is 12.8 Å². The average Bonchev–Trinajstić information content (AvgIpc) is 2.77. The molecule has 1 aromatic rings. The normalized spacial score (nSPS) is 11.5. The van der Waals surface area contributed by atoms with E-state index in [1.54, 1.807) is 11.3 Å². The molecule has 4 heteroatoms. The minimum atomic E-state index is 0.537. The smallest absolute Gasteiger partial charge is 0.185 e. The molecule has 0 bridgehead atoms. The summed E-state index contributed by atoms with van der Waals surface area (Å²) in [7, 11) is 0. The number of nitrogens with two attached hydrogens (primary N) is 1. The lowest BCUT2D eigenvalue weighted by Crippen LogP contribution is -2.37. The lowest BCUT2D eigenvalue weighted by atomic mass is 10.1. The van der Waals surface area contributed by atoms with Gasteiger partial charge in [-0.15, -0.1) is 11.3 Å². The van der Waals surface area contributed by atoms with Gasteiger partial charge in [0.2, 0.25) is 0 Å². The zero-order chi connectivity index (χ0) is 12.8. The van der Waals surface area contributed by atoms with E-state index in [2.05, 4.69) is 43.0 Å². The van der Waals surface area contributed by atoms with Gasteiger partial charge < -0.3 is 10.6 Å². The SMILES string of the molecule is CCC(CC)N(CC(C)C)c1nc(CN)cs1. The van der Waals surface area contributed by atoms with Crippen LogP contribution in [0.25, 0.3) is 0 Å². The third-order valence-corrected chi connectivity index (χ3v) is 3.87. The highest BCUT2D eigenvalue weighted by molar-refractivity contribution is 7.13. The fourth-order valence-electron chi connectivity index (χ4n) is 2.03. The number of rotatable bonds is 7. The number of aromatic nitrogens is 1. The average molecular weight is 255 g/mol. The maximum atomic E-state index is 5.63. The van der Waals surface area contributed by atoms with Crippen LogP contribution in [-0.2, 0) is 6.54 Å². The lowest BCUT2D eigenvalue weighted by molar-refractivity contribution is 0.506. The molecule has 0 atom stereocenters. The van der Waals surface area contributed by atoms with Gasteiger partial charge in [-0.25, -0.2) is 4.98 Å². The van der Waals surface area contributed by atoms with E-state index < -0.39 is 0 Å². The van der Waals surface area contributed by atoms with Crippen molar-refractivity contribution in [2.75, 3.05) is 11.4 Å². The molecule has 2 N–H and O–H groups in total. The molecule has 0 aliphatic rings. The maximum absolute atomic E-state index is 5.63. The molecule has 0 spiro atoms. The van der Waals surface area contributed by atoms with Crippen LogP contribution in [0.1, 0.15) is 46.2 Å². The maximum Gasteiger partial charge on any atom is 0.185 e. The predicted octanol–water partition coefficient (Wildman–Crippen LogP) is 3.25. The molecular weight excluding hydrogens is 230 g/mol. The summed E-state index contributed by atoms with van der Waals surface area (Å²) < 4.78 is 0. The highest BCUT2D eigenvalue weighted by atomic mass is 32.1. The van der Waals surface area contributed by atoms with Crippen LogP contribution in [0.4, 0.5) is 5.13 Å². The third-order valence-electron chi connectivity index (χ3n) is 2.94. The van der Waals surface area contributed by atoms with Crippen LogP contribution in [0, 0.1) is 5.92 Å². The number of hydrogen-bond donors (Lipinski definition) is 1. The number of hydrogen-bond acceptors (Lipinski definition) is 4. The first kappa shape index (κ1) is 14.5. The zero-order valence-corrected chi connectivity index (χ0v) is 12.3. The molecule has 0 aromatic carbocycles. The van der Waals surface area contributed by atoms with Crippen LogP contribution >= 0.6 is 11.3 Å². The van der Waals surface area contributed by atoms with Crippen molar-refractivity contribution in [1.82, 2.24) is 4.98 Å². The molecule has 1 rings (SSSR count). The van der Waals surface area contributed by atoms with Crippen molar-refractivity contribution in [3.63, 3.8) is 0 Å². The molecule has 0 saturated carbocycles. The van der Waals surface area contributed by atoms with E-state index in [-0.39, 0.29) is 0 Å². The molecule has 0 fully saturated rings. The van der Waals surface area contributed by atoms with Gasteiger partial charge >= 0.3 is 0 Å². The summed E-state index contributed by atoms with van der Waals surface area (Å²) >= 11 is 1.72. The summed E-state index contributed by atoms with van der Waals surface area (Å²) in [6.45, 7) is 10.6. The van der Waals surface area contributed by atoms with E-state index in [0.717, 1.165) is 17.4 Å². The van der Waals surface area contributed by atoms with Crippen LogP contribution in [0.3, 0.4) is 0 Å². The highest BCUT2D eigenvalue weighted by Gasteiger charge is 2.19. The number of nitrogens with zero attached hydrogens (tertiary/aromatic N) is 2.